The van der Waals surface area contributed by atoms with E-state index in [-0.39, 0.29) is 18.2 Å². The first-order chi connectivity index (χ1) is 12.9. The van der Waals surface area contributed by atoms with Gasteiger partial charge in [0.1, 0.15) is 6.04 Å². The summed E-state index contributed by atoms with van der Waals surface area (Å²) >= 11 is 0. The van der Waals surface area contributed by atoms with Gasteiger partial charge in [-0.15, -0.1) is 0 Å². The Balaban J connectivity index is 2.20. The van der Waals surface area contributed by atoms with E-state index >= 15 is 0 Å². The van der Waals surface area contributed by atoms with E-state index in [0.717, 1.165) is 16.7 Å². The number of hydrogen-bond acceptors (Lipinski definition) is 2. The molecule has 0 aliphatic rings. The van der Waals surface area contributed by atoms with E-state index in [9.17, 15) is 9.59 Å². The Morgan fingerprint density at radius 3 is 2.22 bits per heavy atom. The molecule has 0 spiro atoms. The van der Waals surface area contributed by atoms with E-state index in [1.807, 2.05) is 61.5 Å². The Hall–Kier alpha value is -2.62. The van der Waals surface area contributed by atoms with Gasteiger partial charge in [0.05, 0.1) is 6.42 Å². The zero-order chi connectivity index (χ0) is 19.8. The summed E-state index contributed by atoms with van der Waals surface area (Å²) in [5.41, 5.74) is 3.12. The molecule has 1 N–H and O–H groups in total. The smallest absolute Gasteiger partial charge is 0.242 e. The van der Waals surface area contributed by atoms with Crippen LogP contribution in [0.4, 0.5) is 0 Å². The maximum Gasteiger partial charge on any atom is 0.242 e. The molecule has 0 radical (unpaired) electrons. The zero-order valence-electron chi connectivity index (χ0n) is 16.7. The summed E-state index contributed by atoms with van der Waals surface area (Å²) in [4.78, 5) is 27.4. The Morgan fingerprint density at radius 1 is 0.963 bits per heavy atom. The third-order valence-corrected chi connectivity index (χ3v) is 4.65. The number of carbonyl (C=O) groups is 2. The molecule has 0 aliphatic carbocycles. The fourth-order valence-electron chi connectivity index (χ4n) is 2.88. The predicted octanol–water partition coefficient (Wildman–Crippen LogP) is 3.73. The van der Waals surface area contributed by atoms with Crippen LogP contribution in [0.3, 0.4) is 0 Å². The highest BCUT2D eigenvalue weighted by Gasteiger charge is 2.26. The summed E-state index contributed by atoms with van der Waals surface area (Å²) in [5.74, 6) is 0.210. The molecule has 0 fully saturated rings. The number of rotatable bonds is 8. The number of nitrogens with zero attached hydrogens (tertiary/aromatic N) is 1. The topological polar surface area (TPSA) is 49.4 Å². The van der Waals surface area contributed by atoms with Crippen molar-refractivity contribution in [2.24, 2.45) is 5.92 Å². The molecule has 0 unspecified atom stereocenters. The van der Waals surface area contributed by atoms with Crippen molar-refractivity contribution in [2.45, 2.75) is 46.7 Å². The molecule has 0 saturated carbocycles. The molecule has 2 amide bonds. The lowest BCUT2D eigenvalue weighted by Gasteiger charge is -2.29. The number of hydrogen-bond donors (Lipinski definition) is 1. The van der Waals surface area contributed by atoms with Gasteiger partial charge in [-0.25, -0.2) is 0 Å². The average molecular weight is 367 g/mol. The van der Waals surface area contributed by atoms with Gasteiger partial charge >= 0.3 is 0 Å². The molecule has 2 rings (SSSR count). The molecule has 4 nitrogen and oxygen atoms in total. The van der Waals surface area contributed by atoms with Crippen molar-refractivity contribution in [1.82, 2.24) is 10.2 Å². The first-order valence-electron chi connectivity index (χ1n) is 9.54. The van der Waals surface area contributed by atoms with Crippen LogP contribution in [-0.4, -0.2) is 29.3 Å². The minimum atomic E-state index is -0.528. The monoisotopic (exact) mass is 366 g/mol. The molecular formula is C23H30N2O2. The Morgan fingerprint density at radius 2 is 1.59 bits per heavy atom. The summed E-state index contributed by atoms with van der Waals surface area (Å²) in [6.45, 7) is 8.96. The molecular weight excluding hydrogens is 336 g/mol. The number of aryl methyl sites for hydroxylation is 1. The van der Waals surface area contributed by atoms with Gasteiger partial charge in [-0.05, 0) is 36.5 Å². The van der Waals surface area contributed by atoms with Crippen LogP contribution in [0.5, 0.6) is 0 Å². The summed E-state index contributed by atoms with van der Waals surface area (Å²) in [6, 6.07) is 17.1. The lowest BCUT2D eigenvalue weighted by molar-refractivity contribution is -0.140. The highest BCUT2D eigenvalue weighted by Crippen LogP contribution is 2.15. The largest absolute Gasteiger partial charge is 0.354 e. The molecule has 27 heavy (non-hydrogen) atoms. The second-order valence-corrected chi connectivity index (χ2v) is 7.43. The number of benzene rings is 2. The highest BCUT2D eigenvalue weighted by molar-refractivity contribution is 5.88. The van der Waals surface area contributed by atoms with Crippen LogP contribution in [0.15, 0.2) is 54.6 Å². The molecule has 0 aromatic heterocycles. The Kier molecular flexibility index (Phi) is 7.59. The first-order valence-corrected chi connectivity index (χ1v) is 9.54. The van der Waals surface area contributed by atoms with Crippen LogP contribution in [0.25, 0.3) is 0 Å². The van der Waals surface area contributed by atoms with Crippen molar-refractivity contribution in [1.29, 1.82) is 0 Å². The summed E-state index contributed by atoms with van der Waals surface area (Å²) in [5, 5.41) is 2.95. The van der Waals surface area contributed by atoms with Gasteiger partial charge in [-0.1, -0.05) is 68.4 Å². The lowest BCUT2D eigenvalue weighted by Crippen LogP contribution is -2.48. The Labute approximate surface area is 162 Å². The third-order valence-electron chi connectivity index (χ3n) is 4.65. The quantitative estimate of drug-likeness (QED) is 0.774. The fraction of sp³-hybridized carbons (Fsp3) is 0.391. The van der Waals surface area contributed by atoms with Gasteiger partial charge in [0.15, 0.2) is 0 Å². The van der Waals surface area contributed by atoms with Gasteiger partial charge in [-0.3, -0.25) is 9.59 Å². The second-order valence-electron chi connectivity index (χ2n) is 7.43. The molecule has 0 saturated heterocycles. The van der Waals surface area contributed by atoms with E-state index in [2.05, 4.69) is 19.2 Å². The van der Waals surface area contributed by atoms with Crippen molar-refractivity contribution >= 4 is 11.8 Å². The third kappa shape index (κ3) is 6.24. The van der Waals surface area contributed by atoms with Gasteiger partial charge in [0.25, 0.3) is 0 Å². The first kappa shape index (κ1) is 20.7. The van der Waals surface area contributed by atoms with E-state index < -0.39 is 6.04 Å². The Bertz CT molecular complexity index is 756. The van der Waals surface area contributed by atoms with Crippen molar-refractivity contribution in [3.05, 3.63) is 71.3 Å². The number of carbonyl (C=O) groups excluding carboxylic acids is 2. The molecule has 0 aliphatic heterocycles. The molecule has 0 heterocycles. The molecule has 2 aromatic rings. The minimum Gasteiger partial charge on any atom is -0.354 e. The maximum absolute atomic E-state index is 13.1. The van der Waals surface area contributed by atoms with Crippen molar-refractivity contribution in [2.75, 3.05) is 6.54 Å². The predicted molar refractivity (Wildman–Crippen MR) is 109 cm³/mol. The SMILES string of the molecule is Cc1ccccc1CN(C(=O)Cc1ccccc1)[C@@H](C)C(=O)NCC(C)C. The summed E-state index contributed by atoms with van der Waals surface area (Å²) in [7, 11) is 0. The average Bonchev–Trinajstić information content (AvgIpc) is 2.65. The van der Waals surface area contributed by atoms with Gasteiger partial charge in [-0.2, -0.15) is 0 Å². The summed E-state index contributed by atoms with van der Waals surface area (Å²) in [6.07, 6.45) is 0.286. The van der Waals surface area contributed by atoms with Gasteiger partial charge in [0, 0.05) is 13.1 Å². The van der Waals surface area contributed by atoms with Crippen LogP contribution in [0.1, 0.15) is 37.5 Å². The van der Waals surface area contributed by atoms with Crippen molar-refractivity contribution < 1.29 is 9.59 Å². The van der Waals surface area contributed by atoms with E-state index in [1.165, 1.54) is 0 Å². The highest BCUT2D eigenvalue weighted by atomic mass is 16.2. The van der Waals surface area contributed by atoms with E-state index in [0.29, 0.717) is 19.0 Å². The van der Waals surface area contributed by atoms with Crippen LogP contribution in [0, 0.1) is 12.8 Å². The molecule has 4 heteroatoms. The lowest BCUT2D eigenvalue weighted by atomic mass is 10.1. The van der Waals surface area contributed by atoms with E-state index in [1.54, 1.807) is 11.8 Å². The van der Waals surface area contributed by atoms with Crippen LogP contribution >= 0.6 is 0 Å². The molecule has 2 aromatic carbocycles. The van der Waals surface area contributed by atoms with Gasteiger partial charge < -0.3 is 10.2 Å². The van der Waals surface area contributed by atoms with Crippen molar-refractivity contribution in [3.8, 4) is 0 Å². The second kappa shape index (κ2) is 9.91. The van der Waals surface area contributed by atoms with Crippen LogP contribution in [-0.2, 0) is 22.6 Å². The van der Waals surface area contributed by atoms with Crippen LogP contribution in [0.2, 0.25) is 0 Å². The standard InChI is InChI=1S/C23H30N2O2/c1-17(2)15-24-23(27)19(4)25(16-21-13-9-8-10-18(21)3)22(26)14-20-11-6-5-7-12-20/h5-13,17,19H,14-16H2,1-4H3,(H,24,27)/t19-/m0/s1. The summed E-state index contributed by atoms with van der Waals surface area (Å²) < 4.78 is 0. The fourth-order valence-corrected chi connectivity index (χ4v) is 2.88. The van der Waals surface area contributed by atoms with Gasteiger partial charge in [0.2, 0.25) is 11.8 Å². The normalized spacial score (nSPS) is 11.9. The molecule has 0 bridgehead atoms. The number of nitrogens with one attached hydrogen (secondary N) is 1. The number of amides is 2. The van der Waals surface area contributed by atoms with Crippen LogP contribution < -0.4 is 5.32 Å². The minimum absolute atomic E-state index is 0.0448. The van der Waals surface area contributed by atoms with Crippen molar-refractivity contribution in [3.63, 3.8) is 0 Å². The zero-order valence-corrected chi connectivity index (χ0v) is 16.7. The molecule has 144 valence electrons. The maximum atomic E-state index is 13.1. The molecule has 1 atom stereocenters. The van der Waals surface area contributed by atoms with E-state index in [4.69, 9.17) is 0 Å².